The summed E-state index contributed by atoms with van der Waals surface area (Å²) in [6.07, 6.45) is -3.20. The van der Waals surface area contributed by atoms with E-state index in [0.29, 0.717) is 15.2 Å². The lowest BCUT2D eigenvalue weighted by Crippen LogP contribution is -2.03. The normalized spacial score (nSPS) is 11.4. The fraction of sp³-hybridized carbons (Fsp3) is 0.0625. The van der Waals surface area contributed by atoms with Gasteiger partial charge in [-0.05, 0) is 52.3 Å². The standard InChI is InChI=1S/C16H8BrF3N2O3S/c17-13-12(11-6-1-8(7-21-11)14(23)24)22-15(26-13)25-10-4-2-9(3-5-10)16(18,19)20/h1-7H,(H,23,24). The van der Waals surface area contributed by atoms with Gasteiger partial charge in [-0.25, -0.2) is 4.79 Å². The quantitative estimate of drug-likeness (QED) is 0.576. The molecular weight excluding hydrogens is 437 g/mol. The molecule has 0 radical (unpaired) electrons. The summed E-state index contributed by atoms with van der Waals surface area (Å²) in [4.78, 5) is 19.1. The van der Waals surface area contributed by atoms with Crippen LogP contribution in [0.3, 0.4) is 0 Å². The van der Waals surface area contributed by atoms with Crippen LogP contribution in [0.2, 0.25) is 0 Å². The monoisotopic (exact) mass is 444 g/mol. The largest absolute Gasteiger partial charge is 0.478 e. The van der Waals surface area contributed by atoms with Crippen LogP contribution in [0.15, 0.2) is 46.4 Å². The molecule has 1 aromatic carbocycles. The van der Waals surface area contributed by atoms with Crippen LogP contribution < -0.4 is 4.74 Å². The summed E-state index contributed by atoms with van der Waals surface area (Å²) in [6, 6.07) is 7.16. The predicted molar refractivity (Wildman–Crippen MR) is 91.5 cm³/mol. The molecule has 0 amide bonds. The van der Waals surface area contributed by atoms with Crippen molar-refractivity contribution in [1.82, 2.24) is 9.97 Å². The molecule has 26 heavy (non-hydrogen) atoms. The second kappa shape index (κ2) is 7.04. The lowest BCUT2D eigenvalue weighted by Gasteiger charge is -2.07. The third kappa shape index (κ3) is 4.02. The summed E-state index contributed by atoms with van der Waals surface area (Å²) in [5, 5.41) is 9.09. The van der Waals surface area contributed by atoms with E-state index in [0.717, 1.165) is 23.5 Å². The molecule has 0 unspecified atom stereocenters. The van der Waals surface area contributed by atoms with Crippen LogP contribution >= 0.6 is 27.3 Å². The third-order valence-corrected chi connectivity index (χ3v) is 4.79. The number of carbonyl (C=O) groups is 1. The first-order valence-electron chi connectivity index (χ1n) is 6.95. The van der Waals surface area contributed by atoms with Gasteiger partial charge in [-0.15, -0.1) is 0 Å². The number of hydrogen-bond acceptors (Lipinski definition) is 5. The van der Waals surface area contributed by atoms with Crippen LogP contribution in [0.1, 0.15) is 15.9 Å². The van der Waals surface area contributed by atoms with Crippen LogP contribution in [0.25, 0.3) is 11.4 Å². The number of pyridine rings is 1. The number of nitrogens with zero attached hydrogens (tertiary/aromatic N) is 2. The van der Waals surface area contributed by atoms with Crippen LogP contribution in [-0.2, 0) is 6.18 Å². The van der Waals surface area contributed by atoms with Gasteiger partial charge in [0, 0.05) is 6.20 Å². The summed E-state index contributed by atoms with van der Waals surface area (Å²) in [5.41, 5.74) is 0.143. The van der Waals surface area contributed by atoms with Crippen LogP contribution in [0, 0.1) is 0 Å². The average Bonchev–Trinajstić information content (AvgIpc) is 2.95. The molecule has 5 nitrogen and oxygen atoms in total. The maximum Gasteiger partial charge on any atom is 0.416 e. The van der Waals surface area contributed by atoms with E-state index in [4.69, 9.17) is 9.84 Å². The molecule has 10 heteroatoms. The first-order valence-corrected chi connectivity index (χ1v) is 8.56. The molecule has 3 aromatic rings. The maximum absolute atomic E-state index is 12.6. The molecule has 0 aliphatic rings. The molecule has 0 saturated heterocycles. The molecule has 0 aliphatic carbocycles. The summed E-state index contributed by atoms with van der Waals surface area (Å²) >= 11 is 4.45. The van der Waals surface area contributed by atoms with E-state index < -0.39 is 17.7 Å². The van der Waals surface area contributed by atoms with Gasteiger partial charge in [0.2, 0.25) is 0 Å². The first kappa shape index (κ1) is 18.3. The van der Waals surface area contributed by atoms with Crippen molar-refractivity contribution < 1.29 is 27.8 Å². The molecule has 0 aliphatic heterocycles. The van der Waals surface area contributed by atoms with Crippen molar-refractivity contribution in [1.29, 1.82) is 0 Å². The van der Waals surface area contributed by atoms with Gasteiger partial charge in [0.1, 0.15) is 15.2 Å². The number of alkyl halides is 3. The highest BCUT2D eigenvalue weighted by molar-refractivity contribution is 9.11. The number of aromatic nitrogens is 2. The van der Waals surface area contributed by atoms with E-state index >= 15 is 0 Å². The molecule has 134 valence electrons. The zero-order valence-corrected chi connectivity index (χ0v) is 15.0. The molecular formula is C16H8BrF3N2O3S. The fourth-order valence-corrected chi connectivity index (χ4v) is 3.34. The van der Waals surface area contributed by atoms with E-state index in [1.54, 1.807) is 0 Å². The summed E-state index contributed by atoms with van der Waals surface area (Å²) < 4.78 is 43.8. The zero-order valence-electron chi connectivity index (χ0n) is 12.6. The highest BCUT2D eigenvalue weighted by atomic mass is 79.9. The minimum atomic E-state index is -4.41. The second-order valence-electron chi connectivity index (χ2n) is 4.96. The van der Waals surface area contributed by atoms with Crippen molar-refractivity contribution in [3.63, 3.8) is 0 Å². The molecule has 2 heterocycles. The number of halogens is 4. The van der Waals surface area contributed by atoms with Crippen LogP contribution in [0.5, 0.6) is 10.9 Å². The van der Waals surface area contributed by atoms with Crippen LogP contribution in [-0.4, -0.2) is 21.0 Å². The molecule has 2 aromatic heterocycles. The lowest BCUT2D eigenvalue weighted by atomic mass is 10.2. The topological polar surface area (TPSA) is 72.3 Å². The zero-order chi connectivity index (χ0) is 18.9. The van der Waals surface area contributed by atoms with Crippen molar-refractivity contribution in [2.24, 2.45) is 0 Å². The number of carboxylic acid groups (broad SMARTS) is 1. The smallest absolute Gasteiger partial charge is 0.416 e. The predicted octanol–water partition coefficient (Wildman–Crippen LogP) is 5.48. The van der Waals surface area contributed by atoms with Gasteiger partial charge in [-0.2, -0.15) is 18.2 Å². The Morgan fingerprint density at radius 1 is 1.15 bits per heavy atom. The van der Waals surface area contributed by atoms with Crippen molar-refractivity contribution >= 4 is 33.2 Å². The lowest BCUT2D eigenvalue weighted by molar-refractivity contribution is -0.137. The number of aromatic carboxylic acids is 1. The molecule has 1 N–H and O–H groups in total. The maximum atomic E-state index is 12.6. The van der Waals surface area contributed by atoms with Gasteiger partial charge in [-0.3, -0.25) is 4.98 Å². The third-order valence-electron chi connectivity index (χ3n) is 3.21. The minimum Gasteiger partial charge on any atom is -0.478 e. The number of thiazole rings is 1. The van der Waals surface area contributed by atoms with Crippen LogP contribution in [0.4, 0.5) is 13.2 Å². The van der Waals surface area contributed by atoms with Crippen molar-refractivity contribution in [2.75, 3.05) is 0 Å². The first-order chi connectivity index (χ1) is 12.2. The highest BCUT2D eigenvalue weighted by Gasteiger charge is 2.30. The minimum absolute atomic E-state index is 0.0429. The average molecular weight is 445 g/mol. The van der Waals surface area contributed by atoms with E-state index in [-0.39, 0.29) is 16.5 Å². The highest BCUT2D eigenvalue weighted by Crippen LogP contribution is 2.38. The van der Waals surface area contributed by atoms with Gasteiger partial charge in [0.15, 0.2) is 0 Å². The van der Waals surface area contributed by atoms with E-state index in [1.165, 1.54) is 30.5 Å². The van der Waals surface area contributed by atoms with Crippen molar-refractivity contribution in [3.05, 3.63) is 57.5 Å². The summed E-state index contributed by atoms with van der Waals surface area (Å²) in [6.45, 7) is 0. The Morgan fingerprint density at radius 2 is 1.85 bits per heavy atom. The Morgan fingerprint density at radius 3 is 2.38 bits per heavy atom. The second-order valence-corrected chi connectivity index (χ2v) is 7.24. The Bertz CT molecular complexity index is 941. The van der Waals surface area contributed by atoms with Gasteiger partial charge in [0.25, 0.3) is 5.19 Å². The van der Waals surface area contributed by atoms with Crippen molar-refractivity contribution in [2.45, 2.75) is 6.18 Å². The molecule has 0 atom stereocenters. The Balaban J connectivity index is 1.81. The van der Waals surface area contributed by atoms with Gasteiger partial charge in [0.05, 0.1) is 16.8 Å². The van der Waals surface area contributed by atoms with Gasteiger partial charge in [-0.1, -0.05) is 11.3 Å². The molecule has 0 saturated carbocycles. The SMILES string of the molecule is O=C(O)c1ccc(-c2nc(Oc3ccc(C(F)(F)F)cc3)sc2Br)nc1. The molecule has 3 rings (SSSR count). The van der Waals surface area contributed by atoms with Gasteiger partial charge >= 0.3 is 12.1 Å². The number of carboxylic acids is 1. The number of hydrogen-bond donors (Lipinski definition) is 1. The van der Waals surface area contributed by atoms with E-state index in [1.807, 2.05) is 0 Å². The summed E-state index contributed by atoms with van der Waals surface area (Å²) in [5.74, 6) is -0.882. The number of ether oxygens (including phenoxy) is 1. The van der Waals surface area contributed by atoms with E-state index in [9.17, 15) is 18.0 Å². The Hall–Kier alpha value is -2.46. The Labute approximate surface area is 157 Å². The van der Waals surface area contributed by atoms with Crippen molar-refractivity contribution in [3.8, 4) is 22.3 Å². The Kier molecular flexibility index (Phi) is 4.97. The van der Waals surface area contributed by atoms with E-state index in [2.05, 4.69) is 25.9 Å². The fourth-order valence-electron chi connectivity index (χ4n) is 1.96. The van der Waals surface area contributed by atoms with Gasteiger partial charge < -0.3 is 9.84 Å². The summed E-state index contributed by atoms with van der Waals surface area (Å²) in [7, 11) is 0. The molecule has 0 fully saturated rings. The number of benzene rings is 1. The number of rotatable bonds is 4. The molecule has 0 spiro atoms. The molecule has 0 bridgehead atoms.